The fourth-order valence-corrected chi connectivity index (χ4v) is 3.57. The molecule has 3 aromatic heterocycles. The summed E-state index contributed by atoms with van der Waals surface area (Å²) in [5.41, 5.74) is 3.58. The van der Waals surface area contributed by atoms with Crippen LogP contribution in [0.5, 0.6) is 0 Å². The average molecular weight is 392 g/mol. The lowest BCUT2D eigenvalue weighted by Crippen LogP contribution is -2.37. The fraction of sp³-hybridized carbons (Fsp3) is 0.400. The van der Waals surface area contributed by atoms with Gasteiger partial charge in [0.1, 0.15) is 5.82 Å². The number of nitrogens with one attached hydrogen (secondary N) is 2. The van der Waals surface area contributed by atoms with Crippen LogP contribution in [0.1, 0.15) is 25.7 Å². The predicted molar refractivity (Wildman–Crippen MR) is 112 cm³/mol. The van der Waals surface area contributed by atoms with Gasteiger partial charge in [-0.2, -0.15) is 9.97 Å². The molecule has 0 saturated carbocycles. The van der Waals surface area contributed by atoms with Crippen molar-refractivity contribution in [1.29, 1.82) is 0 Å². The first kappa shape index (κ1) is 17.9. The minimum atomic E-state index is 0.260. The van der Waals surface area contributed by atoms with Crippen LogP contribution in [0.3, 0.4) is 0 Å². The smallest absolute Gasteiger partial charge is 0.229 e. The first-order valence-corrected chi connectivity index (χ1v) is 9.94. The van der Waals surface area contributed by atoms with E-state index < -0.39 is 0 Å². The molecule has 4 aromatic rings. The van der Waals surface area contributed by atoms with Crippen molar-refractivity contribution < 1.29 is 4.74 Å². The fourth-order valence-electron chi connectivity index (χ4n) is 3.57. The van der Waals surface area contributed by atoms with Gasteiger partial charge in [-0.1, -0.05) is 12.1 Å². The second-order valence-corrected chi connectivity index (χ2v) is 7.44. The topological polar surface area (TPSA) is 96.8 Å². The first-order chi connectivity index (χ1) is 14.2. The zero-order valence-electron chi connectivity index (χ0n) is 16.6. The van der Waals surface area contributed by atoms with E-state index in [0.29, 0.717) is 25.7 Å². The number of hydrogen-bond donors (Lipinski definition) is 2. The third-order valence-electron chi connectivity index (χ3n) is 5.12. The average Bonchev–Trinajstić information content (AvgIpc) is 3.36. The Balaban J connectivity index is 1.50. The number of fused-ring (bicyclic) bond motifs is 2. The minimum Gasteiger partial charge on any atom is -0.378 e. The lowest BCUT2D eigenvalue weighted by Gasteiger charge is -2.27. The summed E-state index contributed by atoms with van der Waals surface area (Å²) in [7, 11) is 0. The second-order valence-electron chi connectivity index (χ2n) is 7.44. The zero-order valence-corrected chi connectivity index (χ0v) is 16.6. The number of hydrogen-bond acceptors (Lipinski definition) is 7. The summed E-state index contributed by atoms with van der Waals surface area (Å²) in [6.45, 7) is 7.71. The Bertz CT molecular complexity index is 1110. The summed E-state index contributed by atoms with van der Waals surface area (Å²) < 4.78 is 7.55. The van der Waals surface area contributed by atoms with Crippen LogP contribution >= 0.6 is 0 Å². The van der Waals surface area contributed by atoms with Crippen molar-refractivity contribution in [3.05, 3.63) is 36.4 Å². The van der Waals surface area contributed by atoms with Crippen LogP contribution < -0.4 is 10.2 Å². The quantitative estimate of drug-likeness (QED) is 0.539. The molecule has 0 radical (unpaired) electrons. The molecule has 0 atom stereocenters. The molecule has 2 N–H and O–H groups in total. The van der Waals surface area contributed by atoms with E-state index in [0.717, 1.165) is 46.9 Å². The maximum Gasteiger partial charge on any atom is 0.229 e. The van der Waals surface area contributed by atoms with Crippen molar-refractivity contribution in [1.82, 2.24) is 29.5 Å². The SMILES string of the molecule is CC(C)n1cnc2c(NCc3nc4ccccc4[nH]3)nc(N3CCOCC3)nc21. The maximum atomic E-state index is 5.48. The molecule has 0 unspecified atom stereocenters. The van der Waals surface area contributed by atoms with Crippen molar-refractivity contribution >= 4 is 34.0 Å². The van der Waals surface area contributed by atoms with Gasteiger partial charge in [0.15, 0.2) is 17.0 Å². The van der Waals surface area contributed by atoms with E-state index in [4.69, 9.17) is 14.7 Å². The highest BCUT2D eigenvalue weighted by molar-refractivity contribution is 5.84. The van der Waals surface area contributed by atoms with Crippen molar-refractivity contribution in [2.45, 2.75) is 26.4 Å². The van der Waals surface area contributed by atoms with E-state index in [1.54, 1.807) is 0 Å². The summed E-state index contributed by atoms with van der Waals surface area (Å²) >= 11 is 0. The lowest BCUT2D eigenvalue weighted by molar-refractivity contribution is 0.122. The summed E-state index contributed by atoms with van der Waals surface area (Å²) in [5.74, 6) is 2.28. The summed E-state index contributed by atoms with van der Waals surface area (Å²) in [6.07, 6.45) is 1.83. The van der Waals surface area contributed by atoms with Gasteiger partial charge >= 0.3 is 0 Å². The number of imidazole rings is 2. The van der Waals surface area contributed by atoms with Crippen LogP contribution in [0.15, 0.2) is 30.6 Å². The molecule has 29 heavy (non-hydrogen) atoms. The number of ether oxygens (including phenoxy) is 1. The van der Waals surface area contributed by atoms with Crippen LogP contribution in [0.4, 0.5) is 11.8 Å². The Hall–Kier alpha value is -3.20. The second kappa shape index (κ2) is 7.32. The van der Waals surface area contributed by atoms with Crippen LogP contribution in [-0.4, -0.2) is 55.8 Å². The molecule has 1 aliphatic heterocycles. The van der Waals surface area contributed by atoms with Gasteiger partial charge in [0.2, 0.25) is 5.95 Å². The maximum absolute atomic E-state index is 5.48. The summed E-state index contributed by atoms with van der Waals surface area (Å²) in [6, 6.07) is 8.27. The Kier molecular flexibility index (Phi) is 4.51. The highest BCUT2D eigenvalue weighted by Gasteiger charge is 2.20. The monoisotopic (exact) mass is 392 g/mol. The Labute approximate surface area is 168 Å². The molecule has 1 aliphatic rings. The Morgan fingerprint density at radius 2 is 1.97 bits per heavy atom. The van der Waals surface area contributed by atoms with E-state index in [1.165, 1.54) is 0 Å². The molecule has 5 rings (SSSR count). The van der Waals surface area contributed by atoms with Crippen LogP contribution in [0, 0.1) is 0 Å². The number of anilines is 2. The molecule has 1 fully saturated rings. The largest absolute Gasteiger partial charge is 0.378 e. The predicted octanol–water partition coefficient (Wildman–Crippen LogP) is 2.73. The van der Waals surface area contributed by atoms with Crippen LogP contribution in [-0.2, 0) is 11.3 Å². The number of aromatic amines is 1. The van der Waals surface area contributed by atoms with Gasteiger partial charge in [0, 0.05) is 19.1 Å². The number of nitrogens with zero attached hydrogens (tertiary/aromatic N) is 6. The molecule has 150 valence electrons. The molecule has 4 heterocycles. The number of para-hydroxylation sites is 2. The van der Waals surface area contributed by atoms with Crippen molar-refractivity contribution in [2.24, 2.45) is 0 Å². The molecular weight excluding hydrogens is 368 g/mol. The molecular formula is C20H24N8O. The van der Waals surface area contributed by atoms with E-state index >= 15 is 0 Å². The van der Waals surface area contributed by atoms with Crippen molar-refractivity contribution in [3.63, 3.8) is 0 Å². The van der Waals surface area contributed by atoms with Gasteiger partial charge in [-0.05, 0) is 26.0 Å². The van der Waals surface area contributed by atoms with E-state index in [2.05, 4.69) is 43.6 Å². The molecule has 0 amide bonds. The number of aromatic nitrogens is 6. The molecule has 0 spiro atoms. The van der Waals surface area contributed by atoms with Crippen LogP contribution in [0.2, 0.25) is 0 Å². The Morgan fingerprint density at radius 1 is 1.14 bits per heavy atom. The molecule has 9 heteroatoms. The van der Waals surface area contributed by atoms with Crippen LogP contribution in [0.25, 0.3) is 22.2 Å². The van der Waals surface area contributed by atoms with Gasteiger partial charge in [-0.15, -0.1) is 0 Å². The number of morpholine rings is 1. The van der Waals surface area contributed by atoms with E-state index in [1.807, 2.05) is 30.6 Å². The third kappa shape index (κ3) is 3.38. The number of rotatable bonds is 5. The highest BCUT2D eigenvalue weighted by Crippen LogP contribution is 2.25. The standard InChI is InChI=1S/C20H24N8O/c1-13(2)28-12-22-17-18(21-11-16-23-14-5-3-4-6-15(14)24-16)25-20(26-19(17)28)27-7-9-29-10-8-27/h3-6,12-13H,7-11H2,1-2H3,(H,23,24)(H,21,25,26). The molecule has 1 saturated heterocycles. The van der Waals surface area contributed by atoms with Gasteiger partial charge in [-0.3, -0.25) is 0 Å². The summed E-state index contributed by atoms with van der Waals surface area (Å²) in [5, 5.41) is 3.42. The number of benzene rings is 1. The first-order valence-electron chi connectivity index (χ1n) is 9.94. The normalized spacial score (nSPS) is 14.9. The molecule has 1 aromatic carbocycles. The Morgan fingerprint density at radius 3 is 2.76 bits per heavy atom. The minimum absolute atomic E-state index is 0.260. The summed E-state index contributed by atoms with van der Waals surface area (Å²) in [4.78, 5) is 24.4. The number of H-pyrrole nitrogens is 1. The van der Waals surface area contributed by atoms with Gasteiger partial charge in [0.25, 0.3) is 0 Å². The highest BCUT2D eigenvalue weighted by atomic mass is 16.5. The molecule has 0 aliphatic carbocycles. The zero-order chi connectivity index (χ0) is 19.8. The van der Waals surface area contributed by atoms with Gasteiger partial charge in [-0.25, -0.2) is 9.97 Å². The van der Waals surface area contributed by atoms with Gasteiger partial charge < -0.3 is 24.5 Å². The molecule has 9 nitrogen and oxygen atoms in total. The molecule has 0 bridgehead atoms. The van der Waals surface area contributed by atoms with E-state index in [-0.39, 0.29) is 6.04 Å². The van der Waals surface area contributed by atoms with E-state index in [9.17, 15) is 0 Å². The lowest BCUT2D eigenvalue weighted by atomic mass is 10.3. The van der Waals surface area contributed by atoms with Gasteiger partial charge in [0.05, 0.1) is 37.1 Å². The van der Waals surface area contributed by atoms with Crippen molar-refractivity contribution in [3.8, 4) is 0 Å². The third-order valence-corrected chi connectivity index (χ3v) is 5.12. The van der Waals surface area contributed by atoms with Crippen molar-refractivity contribution in [2.75, 3.05) is 36.5 Å².